The van der Waals surface area contributed by atoms with Crippen molar-refractivity contribution in [3.05, 3.63) is 15.8 Å². The van der Waals surface area contributed by atoms with E-state index >= 15 is 0 Å². The Kier molecular flexibility index (Phi) is 5.33. The number of aryl methyl sites for hydroxylation is 1. The SMILES string of the molecule is CCC(CC)N(C)S(=O)(=O)c1cc(CN)sc1C. The molecule has 0 radical (unpaired) electrons. The van der Waals surface area contributed by atoms with Crippen molar-refractivity contribution >= 4 is 21.4 Å². The van der Waals surface area contributed by atoms with Crippen LogP contribution in [-0.2, 0) is 16.6 Å². The largest absolute Gasteiger partial charge is 0.326 e. The summed E-state index contributed by atoms with van der Waals surface area (Å²) in [7, 11) is -1.74. The molecule has 1 rings (SSSR count). The minimum atomic E-state index is -3.39. The van der Waals surface area contributed by atoms with Crippen LogP contribution in [0.5, 0.6) is 0 Å². The van der Waals surface area contributed by atoms with Crippen LogP contribution in [0.4, 0.5) is 0 Å². The maximum Gasteiger partial charge on any atom is 0.244 e. The van der Waals surface area contributed by atoms with Crippen molar-refractivity contribution in [1.82, 2.24) is 4.31 Å². The zero-order valence-corrected chi connectivity index (χ0v) is 13.1. The molecule has 0 aliphatic heterocycles. The van der Waals surface area contributed by atoms with E-state index in [9.17, 15) is 8.42 Å². The average Bonchev–Trinajstić information content (AvgIpc) is 2.72. The van der Waals surface area contributed by atoms with Crippen molar-refractivity contribution in [1.29, 1.82) is 0 Å². The number of rotatable bonds is 6. The van der Waals surface area contributed by atoms with Crippen LogP contribution in [0.2, 0.25) is 0 Å². The molecule has 0 aliphatic rings. The average molecular weight is 290 g/mol. The van der Waals surface area contributed by atoms with Crippen LogP contribution in [0.25, 0.3) is 0 Å². The van der Waals surface area contributed by atoms with Crippen molar-refractivity contribution in [2.45, 2.75) is 51.1 Å². The number of thiophene rings is 1. The van der Waals surface area contributed by atoms with Gasteiger partial charge in [-0.1, -0.05) is 13.8 Å². The predicted molar refractivity (Wildman–Crippen MR) is 76.3 cm³/mol. The molecule has 0 saturated heterocycles. The first-order chi connectivity index (χ1) is 8.38. The highest BCUT2D eigenvalue weighted by Gasteiger charge is 2.28. The van der Waals surface area contributed by atoms with Gasteiger partial charge in [0.15, 0.2) is 0 Å². The van der Waals surface area contributed by atoms with Crippen molar-refractivity contribution in [3.8, 4) is 0 Å². The first-order valence-electron chi connectivity index (χ1n) is 6.15. The van der Waals surface area contributed by atoms with E-state index in [2.05, 4.69) is 0 Å². The van der Waals surface area contributed by atoms with Gasteiger partial charge in [0.2, 0.25) is 10.0 Å². The van der Waals surface area contributed by atoms with Gasteiger partial charge in [-0.15, -0.1) is 11.3 Å². The van der Waals surface area contributed by atoms with E-state index < -0.39 is 10.0 Å². The lowest BCUT2D eigenvalue weighted by Gasteiger charge is -2.25. The smallest absolute Gasteiger partial charge is 0.244 e. The van der Waals surface area contributed by atoms with Crippen molar-refractivity contribution in [2.24, 2.45) is 5.73 Å². The summed E-state index contributed by atoms with van der Waals surface area (Å²) in [6.07, 6.45) is 1.64. The molecule has 1 heterocycles. The number of nitrogens with zero attached hydrogens (tertiary/aromatic N) is 1. The molecular formula is C12H22N2O2S2. The van der Waals surface area contributed by atoms with E-state index in [4.69, 9.17) is 5.73 Å². The fraction of sp³-hybridized carbons (Fsp3) is 0.667. The third-order valence-corrected chi connectivity index (χ3v) is 6.48. The van der Waals surface area contributed by atoms with Crippen molar-refractivity contribution in [2.75, 3.05) is 7.05 Å². The molecule has 0 atom stereocenters. The number of nitrogens with two attached hydrogens (primary N) is 1. The van der Waals surface area contributed by atoms with Crippen LogP contribution in [0.1, 0.15) is 36.4 Å². The second-order valence-electron chi connectivity index (χ2n) is 4.33. The highest BCUT2D eigenvalue weighted by atomic mass is 32.2. The molecule has 18 heavy (non-hydrogen) atoms. The summed E-state index contributed by atoms with van der Waals surface area (Å²) < 4.78 is 26.6. The van der Waals surface area contributed by atoms with Crippen LogP contribution in [0.15, 0.2) is 11.0 Å². The van der Waals surface area contributed by atoms with E-state index in [1.54, 1.807) is 13.1 Å². The van der Waals surface area contributed by atoms with Gasteiger partial charge in [-0.2, -0.15) is 4.31 Å². The van der Waals surface area contributed by atoms with Crippen LogP contribution in [0.3, 0.4) is 0 Å². The molecule has 104 valence electrons. The number of hydrogen-bond donors (Lipinski definition) is 1. The standard InChI is InChI=1S/C12H22N2O2S2/c1-5-10(6-2)14(4)18(15,16)12-7-11(8-13)17-9(12)3/h7,10H,5-6,8,13H2,1-4H3. The third kappa shape index (κ3) is 2.93. The summed E-state index contributed by atoms with van der Waals surface area (Å²) in [6.45, 7) is 6.23. The Morgan fingerprint density at radius 3 is 2.33 bits per heavy atom. The van der Waals surface area contributed by atoms with Gasteiger partial charge in [0, 0.05) is 29.4 Å². The van der Waals surface area contributed by atoms with Gasteiger partial charge in [0.25, 0.3) is 0 Å². The van der Waals surface area contributed by atoms with Gasteiger partial charge in [-0.3, -0.25) is 0 Å². The molecular weight excluding hydrogens is 268 g/mol. The maximum atomic E-state index is 12.5. The van der Waals surface area contributed by atoms with Crippen LogP contribution >= 0.6 is 11.3 Å². The third-order valence-electron chi connectivity index (χ3n) is 3.24. The molecule has 1 aromatic rings. The summed E-state index contributed by atoms with van der Waals surface area (Å²) in [4.78, 5) is 2.12. The Hall–Kier alpha value is -0.430. The lowest BCUT2D eigenvalue weighted by atomic mass is 10.2. The highest BCUT2D eigenvalue weighted by Crippen LogP contribution is 2.29. The topological polar surface area (TPSA) is 63.4 Å². The van der Waals surface area contributed by atoms with E-state index in [0.29, 0.717) is 11.4 Å². The molecule has 0 spiro atoms. The zero-order valence-electron chi connectivity index (χ0n) is 11.4. The van der Waals surface area contributed by atoms with Gasteiger partial charge in [-0.05, 0) is 25.8 Å². The lowest BCUT2D eigenvalue weighted by Crippen LogP contribution is -2.36. The molecule has 4 nitrogen and oxygen atoms in total. The first-order valence-corrected chi connectivity index (χ1v) is 8.41. The van der Waals surface area contributed by atoms with E-state index in [-0.39, 0.29) is 6.04 Å². The minimum absolute atomic E-state index is 0.0515. The van der Waals surface area contributed by atoms with Gasteiger partial charge in [0.1, 0.15) is 0 Å². The van der Waals surface area contributed by atoms with Gasteiger partial charge < -0.3 is 5.73 Å². The predicted octanol–water partition coefficient (Wildman–Crippen LogP) is 2.32. The van der Waals surface area contributed by atoms with Gasteiger partial charge in [0.05, 0.1) is 4.90 Å². The quantitative estimate of drug-likeness (QED) is 0.874. The molecule has 0 aliphatic carbocycles. The molecule has 0 bridgehead atoms. The molecule has 0 saturated carbocycles. The number of hydrogen-bond acceptors (Lipinski definition) is 4. The Morgan fingerprint density at radius 1 is 1.39 bits per heavy atom. The summed E-state index contributed by atoms with van der Waals surface area (Å²) in [5.74, 6) is 0. The maximum absolute atomic E-state index is 12.5. The Bertz CT molecular complexity index is 490. The number of sulfonamides is 1. The molecule has 0 fully saturated rings. The second kappa shape index (κ2) is 6.14. The fourth-order valence-corrected chi connectivity index (χ4v) is 5.02. The highest BCUT2D eigenvalue weighted by molar-refractivity contribution is 7.89. The molecule has 0 amide bonds. The van der Waals surface area contributed by atoms with E-state index in [1.165, 1.54) is 15.6 Å². The van der Waals surface area contributed by atoms with Gasteiger partial charge >= 0.3 is 0 Å². The molecule has 0 unspecified atom stereocenters. The zero-order chi connectivity index (χ0) is 13.9. The molecule has 2 N–H and O–H groups in total. The molecule has 0 aromatic carbocycles. The van der Waals surface area contributed by atoms with Crippen molar-refractivity contribution < 1.29 is 8.42 Å². The summed E-state index contributed by atoms with van der Waals surface area (Å²) >= 11 is 1.45. The first kappa shape index (κ1) is 15.6. The lowest BCUT2D eigenvalue weighted by molar-refractivity contribution is 0.349. The summed E-state index contributed by atoms with van der Waals surface area (Å²) in [5, 5.41) is 0. The van der Waals surface area contributed by atoms with Gasteiger partial charge in [-0.25, -0.2) is 8.42 Å². The summed E-state index contributed by atoms with van der Waals surface area (Å²) in [6, 6.07) is 1.75. The van der Waals surface area contributed by atoms with Crippen molar-refractivity contribution in [3.63, 3.8) is 0 Å². The van der Waals surface area contributed by atoms with Crippen LogP contribution in [-0.4, -0.2) is 25.8 Å². The van der Waals surface area contributed by atoms with E-state index in [1.807, 2.05) is 20.8 Å². The Balaban J connectivity index is 3.16. The van der Waals surface area contributed by atoms with E-state index in [0.717, 1.165) is 22.6 Å². The monoisotopic (exact) mass is 290 g/mol. The Labute approximate surface area is 114 Å². The molecule has 6 heteroatoms. The molecule has 1 aromatic heterocycles. The minimum Gasteiger partial charge on any atom is -0.326 e. The summed E-state index contributed by atoms with van der Waals surface area (Å²) in [5.41, 5.74) is 5.57. The normalized spacial score (nSPS) is 12.6. The van der Waals surface area contributed by atoms with Crippen LogP contribution in [0, 0.1) is 6.92 Å². The fourth-order valence-electron chi connectivity index (χ4n) is 2.04. The van der Waals surface area contributed by atoms with Crippen LogP contribution < -0.4 is 5.73 Å². The second-order valence-corrected chi connectivity index (χ2v) is 7.64. The Morgan fingerprint density at radius 2 is 1.94 bits per heavy atom.